The molecule has 2 amide bonds. The van der Waals surface area contributed by atoms with Crippen molar-refractivity contribution in [2.24, 2.45) is 0 Å². The molecule has 0 radical (unpaired) electrons. The summed E-state index contributed by atoms with van der Waals surface area (Å²) in [6.45, 7) is 7.99. The van der Waals surface area contributed by atoms with Crippen molar-refractivity contribution in [3.63, 3.8) is 0 Å². The number of benzene rings is 3. The third-order valence-corrected chi connectivity index (χ3v) is 6.33. The minimum absolute atomic E-state index is 0.248. The highest BCUT2D eigenvalue weighted by atomic mass is 35.5. The third-order valence-electron chi connectivity index (χ3n) is 5.92. The Balaban J connectivity index is 1.82. The smallest absolute Gasteiger partial charge is 0.282 e. The van der Waals surface area contributed by atoms with Gasteiger partial charge in [0.2, 0.25) is 0 Å². The zero-order chi connectivity index (χ0) is 23.0. The van der Waals surface area contributed by atoms with Crippen LogP contribution in [0, 0.1) is 20.8 Å². The summed E-state index contributed by atoms with van der Waals surface area (Å²) in [4.78, 5) is 28.3. The summed E-state index contributed by atoms with van der Waals surface area (Å²) in [6.07, 6.45) is 0.884. The van der Waals surface area contributed by atoms with Gasteiger partial charge in [0, 0.05) is 10.7 Å². The molecule has 32 heavy (non-hydrogen) atoms. The van der Waals surface area contributed by atoms with Crippen LogP contribution in [0.1, 0.15) is 34.7 Å². The van der Waals surface area contributed by atoms with Crippen molar-refractivity contribution in [2.45, 2.75) is 34.1 Å². The lowest BCUT2D eigenvalue weighted by atomic mass is 9.99. The van der Waals surface area contributed by atoms with Crippen LogP contribution in [0.2, 0.25) is 5.02 Å². The van der Waals surface area contributed by atoms with Gasteiger partial charge in [0.05, 0.1) is 11.3 Å². The Labute approximate surface area is 193 Å². The largest absolute Gasteiger partial charge is 0.350 e. The second-order valence-electron chi connectivity index (χ2n) is 8.10. The van der Waals surface area contributed by atoms with Gasteiger partial charge in [0.15, 0.2) is 0 Å². The average molecular weight is 445 g/mol. The number of anilines is 2. The number of rotatable bonds is 5. The Kier molecular flexibility index (Phi) is 5.90. The molecule has 3 aromatic carbocycles. The van der Waals surface area contributed by atoms with E-state index in [0.717, 1.165) is 28.7 Å². The van der Waals surface area contributed by atoms with Gasteiger partial charge in [-0.05, 0) is 79.3 Å². The summed E-state index contributed by atoms with van der Waals surface area (Å²) in [5.41, 5.74) is 6.78. The topological polar surface area (TPSA) is 49.4 Å². The number of halogens is 1. The number of imide groups is 1. The minimum atomic E-state index is -0.385. The molecule has 0 aromatic heterocycles. The summed E-state index contributed by atoms with van der Waals surface area (Å²) >= 11 is 6.29. The fourth-order valence-corrected chi connectivity index (χ4v) is 3.92. The maximum atomic E-state index is 13.6. The summed E-state index contributed by atoms with van der Waals surface area (Å²) in [6, 6.07) is 18.8. The highest BCUT2D eigenvalue weighted by molar-refractivity contribution is 6.46. The van der Waals surface area contributed by atoms with Crippen LogP contribution in [0.5, 0.6) is 0 Å². The average Bonchev–Trinajstić information content (AvgIpc) is 3.02. The van der Waals surface area contributed by atoms with Crippen LogP contribution in [0.15, 0.2) is 66.4 Å². The van der Waals surface area contributed by atoms with Gasteiger partial charge in [-0.15, -0.1) is 0 Å². The molecule has 1 N–H and O–H groups in total. The molecule has 0 bridgehead atoms. The van der Waals surface area contributed by atoms with E-state index in [2.05, 4.69) is 12.2 Å². The SMILES string of the molecule is CCc1ccc(N2C(=O)C(Nc3ccc(C)c(Cl)c3)=C(c3ccc(C)c(C)c3)C2=O)cc1. The lowest BCUT2D eigenvalue weighted by Crippen LogP contribution is -2.32. The van der Waals surface area contributed by atoms with Crippen molar-refractivity contribution in [1.29, 1.82) is 0 Å². The van der Waals surface area contributed by atoms with Crippen LogP contribution in [-0.4, -0.2) is 11.8 Å². The monoisotopic (exact) mass is 444 g/mol. The molecule has 4 nitrogen and oxygen atoms in total. The van der Waals surface area contributed by atoms with Crippen molar-refractivity contribution in [3.05, 3.63) is 99.2 Å². The predicted octanol–water partition coefficient (Wildman–Crippen LogP) is 6.22. The van der Waals surface area contributed by atoms with Crippen molar-refractivity contribution in [3.8, 4) is 0 Å². The van der Waals surface area contributed by atoms with E-state index in [1.807, 2.05) is 75.4 Å². The molecule has 162 valence electrons. The minimum Gasteiger partial charge on any atom is -0.350 e. The van der Waals surface area contributed by atoms with Crippen LogP contribution in [-0.2, 0) is 16.0 Å². The molecule has 0 aliphatic carbocycles. The summed E-state index contributed by atoms with van der Waals surface area (Å²) < 4.78 is 0. The van der Waals surface area contributed by atoms with E-state index in [-0.39, 0.29) is 17.5 Å². The Bertz CT molecular complexity index is 1260. The molecule has 0 spiro atoms. The molecule has 1 aliphatic rings. The van der Waals surface area contributed by atoms with Gasteiger partial charge in [0.25, 0.3) is 11.8 Å². The first-order valence-electron chi connectivity index (χ1n) is 10.6. The first kappa shape index (κ1) is 21.8. The van der Waals surface area contributed by atoms with Crippen molar-refractivity contribution < 1.29 is 9.59 Å². The van der Waals surface area contributed by atoms with Crippen molar-refractivity contribution in [2.75, 3.05) is 10.2 Å². The number of aryl methyl sites for hydroxylation is 4. The molecule has 4 rings (SSSR count). The second-order valence-corrected chi connectivity index (χ2v) is 8.51. The number of nitrogens with one attached hydrogen (secondary N) is 1. The number of hydrogen-bond acceptors (Lipinski definition) is 3. The fourth-order valence-electron chi connectivity index (χ4n) is 3.74. The van der Waals surface area contributed by atoms with E-state index < -0.39 is 0 Å². The summed E-state index contributed by atoms with van der Waals surface area (Å²) in [5, 5.41) is 3.77. The maximum absolute atomic E-state index is 13.6. The number of carbonyl (C=O) groups is 2. The van der Waals surface area contributed by atoms with Crippen molar-refractivity contribution in [1.82, 2.24) is 0 Å². The summed E-state index contributed by atoms with van der Waals surface area (Å²) in [5.74, 6) is -0.729. The number of amides is 2. The van der Waals surface area contributed by atoms with Gasteiger partial charge in [0.1, 0.15) is 5.70 Å². The normalized spacial score (nSPS) is 13.8. The van der Waals surface area contributed by atoms with Gasteiger partial charge in [-0.2, -0.15) is 0 Å². The lowest BCUT2D eigenvalue weighted by molar-refractivity contribution is -0.120. The zero-order valence-electron chi connectivity index (χ0n) is 18.6. The van der Waals surface area contributed by atoms with Crippen LogP contribution in [0.3, 0.4) is 0 Å². The molecule has 0 atom stereocenters. The molecule has 0 saturated heterocycles. The van der Waals surface area contributed by atoms with Crippen LogP contribution in [0.4, 0.5) is 11.4 Å². The highest BCUT2D eigenvalue weighted by Crippen LogP contribution is 2.35. The van der Waals surface area contributed by atoms with E-state index in [1.165, 1.54) is 4.90 Å². The lowest BCUT2D eigenvalue weighted by Gasteiger charge is -2.16. The van der Waals surface area contributed by atoms with Crippen LogP contribution >= 0.6 is 11.6 Å². The Morgan fingerprint density at radius 2 is 1.50 bits per heavy atom. The third kappa shape index (κ3) is 3.94. The molecule has 3 aromatic rings. The van der Waals surface area contributed by atoms with Gasteiger partial charge < -0.3 is 5.32 Å². The van der Waals surface area contributed by atoms with Gasteiger partial charge >= 0.3 is 0 Å². The first-order valence-corrected chi connectivity index (χ1v) is 11.0. The van der Waals surface area contributed by atoms with Crippen molar-refractivity contribution >= 4 is 40.4 Å². The van der Waals surface area contributed by atoms with E-state index in [4.69, 9.17) is 11.6 Å². The predicted molar refractivity (Wildman–Crippen MR) is 131 cm³/mol. The number of nitrogens with zero attached hydrogens (tertiary/aromatic N) is 1. The highest BCUT2D eigenvalue weighted by Gasteiger charge is 2.40. The molecule has 1 heterocycles. The van der Waals surface area contributed by atoms with Gasteiger partial charge in [-0.25, -0.2) is 4.90 Å². The standard InChI is InChI=1S/C27H25ClN2O2/c1-5-19-8-12-22(13-9-19)30-26(31)24(20-10-6-16(2)18(4)14-20)25(27(30)32)29-21-11-7-17(3)23(28)15-21/h6-15,29H,5H2,1-4H3. The van der Waals surface area contributed by atoms with E-state index >= 15 is 0 Å². The quantitative estimate of drug-likeness (QED) is 0.475. The Morgan fingerprint density at radius 1 is 0.812 bits per heavy atom. The van der Waals surface area contributed by atoms with Crippen LogP contribution < -0.4 is 10.2 Å². The van der Waals surface area contributed by atoms with Gasteiger partial charge in [-0.3, -0.25) is 9.59 Å². The molecule has 0 unspecified atom stereocenters. The van der Waals surface area contributed by atoms with E-state index in [0.29, 0.717) is 27.5 Å². The Hall–Kier alpha value is -3.37. The Morgan fingerprint density at radius 3 is 2.12 bits per heavy atom. The zero-order valence-corrected chi connectivity index (χ0v) is 19.4. The number of hydrogen-bond donors (Lipinski definition) is 1. The molecule has 1 aliphatic heterocycles. The molecular formula is C27H25ClN2O2. The molecule has 5 heteroatoms. The van der Waals surface area contributed by atoms with Crippen LogP contribution in [0.25, 0.3) is 5.57 Å². The molecular weight excluding hydrogens is 420 g/mol. The van der Waals surface area contributed by atoms with Gasteiger partial charge in [-0.1, -0.05) is 54.9 Å². The first-order chi connectivity index (χ1) is 15.3. The molecule has 0 fully saturated rings. The second kappa shape index (κ2) is 8.64. The summed E-state index contributed by atoms with van der Waals surface area (Å²) in [7, 11) is 0. The molecule has 0 saturated carbocycles. The van der Waals surface area contributed by atoms with E-state index in [1.54, 1.807) is 6.07 Å². The van der Waals surface area contributed by atoms with E-state index in [9.17, 15) is 9.59 Å². The number of carbonyl (C=O) groups excluding carboxylic acids is 2. The maximum Gasteiger partial charge on any atom is 0.282 e. The fraction of sp³-hybridized carbons (Fsp3) is 0.185.